The summed E-state index contributed by atoms with van der Waals surface area (Å²) in [4.78, 5) is 3.47. The van der Waals surface area contributed by atoms with Crippen LogP contribution in [0.3, 0.4) is 0 Å². The molecule has 0 aliphatic rings. The zero-order valence-electron chi connectivity index (χ0n) is 12.7. The van der Waals surface area contributed by atoms with Gasteiger partial charge in [0.05, 0.1) is 11.1 Å². The van der Waals surface area contributed by atoms with Gasteiger partial charge in [-0.05, 0) is 29.8 Å². The fourth-order valence-electron chi connectivity index (χ4n) is 2.29. The topological polar surface area (TPSA) is 63.5 Å². The van der Waals surface area contributed by atoms with Gasteiger partial charge in [0.15, 0.2) is 0 Å². The van der Waals surface area contributed by atoms with E-state index in [0.29, 0.717) is 5.65 Å². The van der Waals surface area contributed by atoms with Gasteiger partial charge >= 0.3 is 6.18 Å². The van der Waals surface area contributed by atoms with Gasteiger partial charge in [0, 0.05) is 6.20 Å². The first-order chi connectivity index (χ1) is 12.1. The van der Waals surface area contributed by atoms with Gasteiger partial charge in [-0.15, -0.1) is 0 Å². The maximum atomic E-state index is 13.4. The quantitative estimate of drug-likeness (QED) is 0.671. The normalized spacial score (nSPS) is 13.9. The van der Waals surface area contributed by atoms with Crippen molar-refractivity contribution >= 4 is 27.3 Å². The van der Waals surface area contributed by atoms with Crippen LogP contribution in [0.4, 0.5) is 17.6 Å². The van der Waals surface area contributed by atoms with Crippen molar-refractivity contribution in [3.05, 3.63) is 65.3 Å². The number of sulfonamides is 1. The summed E-state index contributed by atoms with van der Waals surface area (Å²) in [5.74, 6) is -0.738. The van der Waals surface area contributed by atoms with Gasteiger partial charge in [-0.3, -0.25) is 4.40 Å². The zero-order valence-corrected chi connectivity index (χ0v) is 14.3. The minimum absolute atomic E-state index is 0.1000. The molecule has 0 saturated heterocycles. The predicted octanol–water partition coefficient (Wildman–Crippen LogP) is 3.71. The number of nitrogens with zero attached hydrogens (tertiary/aromatic N) is 2. The molecule has 11 heteroatoms. The molecular formula is C15H10ClF4N3O2S. The van der Waals surface area contributed by atoms with Crippen LogP contribution in [0.15, 0.2) is 53.7 Å². The number of hydrogen-bond acceptors (Lipinski definition) is 3. The Hall–Kier alpha value is -2.17. The molecule has 1 aromatic carbocycles. The second-order valence-corrected chi connectivity index (χ2v) is 7.42. The molecule has 0 aliphatic heterocycles. The third-order valence-electron chi connectivity index (χ3n) is 3.55. The Bertz CT molecular complexity index is 1050. The summed E-state index contributed by atoms with van der Waals surface area (Å²) in [7, 11) is -4.56. The minimum Gasteiger partial charge on any atom is -0.289 e. The Morgan fingerprint density at radius 1 is 1.12 bits per heavy atom. The summed E-state index contributed by atoms with van der Waals surface area (Å²) >= 11 is 5.85. The number of hydrogen-bond donors (Lipinski definition) is 1. The zero-order chi connectivity index (χ0) is 19.1. The molecule has 0 unspecified atom stereocenters. The number of halogens is 5. The smallest absolute Gasteiger partial charge is 0.289 e. The van der Waals surface area contributed by atoms with Crippen LogP contribution in [-0.4, -0.2) is 24.0 Å². The van der Waals surface area contributed by atoms with E-state index in [0.717, 1.165) is 36.5 Å². The summed E-state index contributed by atoms with van der Waals surface area (Å²) < 4.78 is 80.8. The highest BCUT2D eigenvalue weighted by molar-refractivity contribution is 7.89. The Morgan fingerprint density at radius 2 is 1.77 bits per heavy atom. The van der Waals surface area contributed by atoms with E-state index in [1.807, 2.05) is 0 Å². The van der Waals surface area contributed by atoms with E-state index in [1.165, 1.54) is 16.7 Å². The lowest BCUT2D eigenvalue weighted by Crippen LogP contribution is -2.38. The number of nitrogens with one attached hydrogen (secondary N) is 1. The van der Waals surface area contributed by atoms with Gasteiger partial charge in [-0.25, -0.2) is 17.8 Å². The van der Waals surface area contributed by atoms with E-state index < -0.39 is 38.5 Å². The molecule has 0 saturated carbocycles. The number of aromatic nitrogens is 2. The van der Waals surface area contributed by atoms with Crippen molar-refractivity contribution < 1.29 is 26.0 Å². The average molecular weight is 408 g/mol. The number of fused-ring (bicyclic) bond motifs is 1. The predicted molar refractivity (Wildman–Crippen MR) is 85.7 cm³/mol. The van der Waals surface area contributed by atoms with Crippen LogP contribution in [-0.2, 0) is 10.0 Å². The number of pyridine rings is 1. The summed E-state index contributed by atoms with van der Waals surface area (Å²) in [6, 6.07) is 3.25. The molecule has 0 fully saturated rings. The van der Waals surface area contributed by atoms with E-state index in [4.69, 9.17) is 11.6 Å². The largest absolute Gasteiger partial charge is 0.408 e. The molecule has 0 aliphatic carbocycles. The van der Waals surface area contributed by atoms with Gasteiger partial charge in [-0.1, -0.05) is 23.7 Å². The Balaban J connectivity index is 2.00. The molecule has 0 radical (unpaired) electrons. The summed E-state index contributed by atoms with van der Waals surface area (Å²) in [5, 5.41) is 0.1000. The van der Waals surface area contributed by atoms with Gasteiger partial charge < -0.3 is 0 Å². The van der Waals surface area contributed by atoms with Crippen molar-refractivity contribution in [1.82, 2.24) is 14.1 Å². The highest BCUT2D eigenvalue weighted by Crippen LogP contribution is 2.34. The number of imidazole rings is 1. The number of alkyl halides is 3. The number of benzene rings is 1. The molecular weight excluding hydrogens is 398 g/mol. The van der Waals surface area contributed by atoms with Crippen LogP contribution in [0.25, 0.3) is 5.65 Å². The molecule has 5 nitrogen and oxygen atoms in total. The van der Waals surface area contributed by atoms with E-state index >= 15 is 0 Å². The van der Waals surface area contributed by atoms with Crippen molar-refractivity contribution in [3.63, 3.8) is 0 Å². The number of rotatable bonds is 4. The SMILES string of the molecule is O=S(=O)(N[C@H](c1ccc(F)cc1)C(F)(F)F)c1ccc2ncc(Cl)n2c1. The van der Waals surface area contributed by atoms with E-state index in [1.54, 1.807) is 4.72 Å². The third-order valence-corrected chi connectivity index (χ3v) is 5.24. The van der Waals surface area contributed by atoms with Crippen LogP contribution in [0.5, 0.6) is 0 Å². The molecule has 3 rings (SSSR count). The molecule has 0 bridgehead atoms. The van der Waals surface area contributed by atoms with Crippen LogP contribution in [0, 0.1) is 5.82 Å². The molecule has 1 atom stereocenters. The van der Waals surface area contributed by atoms with Gasteiger partial charge in [0.2, 0.25) is 10.0 Å². The van der Waals surface area contributed by atoms with Crippen LogP contribution in [0.2, 0.25) is 5.15 Å². The van der Waals surface area contributed by atoms with Gasteiger partial charge in [0.1, 0.15) is 22.7 Å². The summed E-state index contributed by atoms with van der Waals surface area (Å²) in [5.41, 5.74) is -0.107. The van der Waals surface area contributed by atoms with Crippen LogP contribution in [0.1, 0.15) is 11.6 Å². The van der Waals surface area contributed by atoms with E-state index in [9.17, 15) is 26.0 Å². The molecule has 0 amide bonds. The van der Waals surface area contributed by atoms with E-state index in [-0.39, 0.29) is 5.15 Å². The van der Waals surface area contributed by atoms with Crippen molar-refractivity contribution in [3.8, 4) is 0 Å². The molecule has 2 heterocycles. The monoisotopic (exact) mass is 407 g/mol. The summed E-state index contributed by atoms with van der Waals surface area (Å²) in [6.45, 7) is 0. The van der Waals surface area contributed by atoms with Gasteiger partial charge in [0.25, 0.3) is 0 Å². The Morgan fingerprint density at radius 3 is 2.38 bits per heavy atom. The highest BCUT2D eigenvalue weighted by atomic mass is 35.5. The van der Waals surface area contributed by atoms with Crippen LogP contribution < -0.4 is 4.72 Å². The maximum absolute atomic E-state index is 13.4. The minimum atomic E-state index is -4.93. The lowest BCUT2D eigenvalue weighted by atomic mass is 10.1. The molecule has 1 N–H and O–H groups in total. The van der Waals surface area contributed by atoms with Crippen molar-refractivity contribution in [2.75, 3.05) is 0 Å². The highest BCUT2D eigenvalue weighted by Gasteiger charge is 2.43. The Kier molecular flexibility index (Phi) is 4.67. The first-order valence-corrected chi connectivity index (χ1v) is 8.91. The fourth-order valence-corrected chi connectivity index (χ4v) is 3.68. The maximum Gasteiger partial charge on any atom is 0.408 e. The van der Waals surface area contributed by atoms with E-state index in [2.05, 4.69) is 4.98 Å². The lowest BCUT2D eigenvalue weighted by molar-refractivity contribution is -0.153. The Labute approximate surface area is 150 Å². The van der Waals surface area contributed by atoms with Gasteiger partial charge in [-0.2, -0.15) is 17.9 Å². The second-order valence-electron chi connectivity index (χ2n) is 5.32. The standard InChI is InChI=1S/C15H10ClF4N3O2S/c16-12-7-21-13-6-5-11(8-23(12)13)26(24,25)22-14(15(18,19)20)9-1-3-10(17)4-2-9/h1-8,14,22H/t14-/m1/s1. The molecule has 3 aromatic rings. The molecule has 26 heavy (non-hydrogen) atoms. The molecule has 2 aromatic heterocycles. The second kappa shape index (κ2) is 6.53. The average Bonchev–Trinajstić information content (AvgIpc) is 2.93. The lowest BCUT2D eigenvalue weighted by Gasteiger charge is -2.22. The van der Waals surface area contributed by atoms with Crippen LogP contribution >= 0.6 is 11.6 Å². The molecule has 138 valence electrons. The first-order valence-electron chi connectivity index (χ1n) is 7.05. The first kappa shape index (κ1) is 18.6. The third kappa shape index (κ3) is 3.67. The van der Waals surface area contributed by atoms with Crippen molar-refractivity contribution in [1.29, 1.82) is 0 Å². The van der Waals surface area contributed by atoms with Crippen molar-refractivity contribution in [2.45, 2.75) is 17.1 Å². The fraction of sp³-hybridized carbons (Fsp3) is 0.133. The molecule has 0 spiro atoms. The van der Waals surface area contributed by atoms with Crippen molar-refractivity contribution in [2.24, 2.45) is 0 Å². The summed E-state index contributed by atoms with van der Waals surface area (Å²) in [6.07, 6.45) is -2.59.